The molecule has 0 aliphatic heterocycles. The molecule has 0 fully saturated rings. The molecule has 0 bridgehead atoms. The first-order valence-corrected chi connectivity index (χ1v) is 6.70. The minimum atomic E-state index is -1.39. The minimum Gasteiger partial charge on any atom is -0.481 e. The van der Waals surface area contributed by atoms with Gasteiger partial charge in [0.2, 0.25) is 17.7 Å². The molecule has 0 saturated carbocycles. The molecule has 0 aliphatic rings. The molecule has 3 amide bonds. The van der Waals surface area contributed by atoms with E-state index in [0.29, 0.717) is 0 Å². The summed E-state index contributed by atoms with van der Waals surface area (Å²) in [7, 11) is 0. The number of aliphatic carboxylic acids is 2. The van der Waals surface area contributed by atoms with E-state index < -0.39 is 54.7 Å². The number of amides is 3. The molecular formula is C12H20N4O7. The van der Waals surface area contributed by atoms with Gasteiger partial charge in [0.05, 0.1) is 6.54 Å². The van der Waals surface area contributed by atoms with Gasteiger partial charge in [0.1, 0.15) is 12.1 Å². The zero-order valence-electron chi connectivity index (χ0n) is 12.3. The van der Waals surface area contributed by atoms with Crippen LogP contribution in [0.25, 0.3) is 0 Å². The van der Waals surface area contributed by atoms with Crippen molar-refractivity contribution in [2.24, 2.45) is 11.5 Å². The number of carboxylic acids is 2. The fraction of sp³-hybridized carbons (Fsp3) is 0.583. The van der Waals surface area contributed by atoms with Crippen molar-refractivity contribution < 1.29 is 34.2 Å². The normalized spacial score (nSPS) is 12.7. The molecule has 0 heterocycles. The molecule has 0 radical (unpaired) electrons. The van der Waals surface area contributed by atoms with Gasteiger partial charge in [0.25, 0.3) is 0 Å². The highest BCUT2D eigenvalue weighted by Gasteiger charge is 2.26. The second kappa shape index (κ2) is 10.1. The first kappa shape index (κ1) is 20.3. The molecule has 2 atom stereocenters. The van der Waals surface area contributed by atoms with E-state index in [-0.39, 0.29) is 19.3 Å². The summed E-state index contributed by atoms with van der Waals surface area (Å²) in [6, 6.07) is -2.64. The third kappa shape index (κ3) is 9.03. The summed E-state index contributed by atoms with van der Waals surface area (Å²) in [4.78, 5) is 55.6. The molecule has 0 aromatic heterocycles. The van der Waals surface area contributed by atoms with Gasteiger partial charge in [-0.3, -0.25) is 19.2 Å². The Morgan fingerprint density at radius 3 is 1.91 bits per heavy atom. The highest BCUT2D eigenvalue weighted by Crippen LogP contribution is 2.02. The van der Waals surface area contributed by atoms with Gasteiger partial charge in [-0.1, -0.05) is 0 Å². The second-order valence-electron chi connectivity index (χ2n) is 4.66. The standard InChI is InChI=1S/C12H20N4O7/c13-5-9(18)15-6(2-4-10(19)20)11(21)16-7(12(22)23)1-3-8(14)17/h6-7H,1-5,13H2,(H2,14,17)(H,15,18)(H,16,21)(H,19,20)(H,22,23)/t6-,7-/m0/s1. The van der Waals surface area contributed by atoms with E-state index in [9.17, 15) is 24.0 Å². The Labute approximate surface area is 131 Å². The monoisotopic (exact) mass is 332 g/mol. The Morgan fingerprint density at radius 1 is 0.913 bits per heavy atom. The molecule has 0 saturated heterocycles. The highest BCUT2D eigenvalue weighted by molar-refractivity contribution is 5.91. The average Bonchev–Trinajstić information content (AvgIpc) is 2.46. The Bertz CT molecular complexity index is 480. The lowest BCUT2D eigenvalue weighted by molar-refractivity contribution is -0.143. The van der Waals surface area contributed by atoms with Crippen LogP contribution in [0.2, 0.25) is 0 Å². The molecule has 0 aliphatic carbocycles. The number of hydrogen-bond donors (Lipinski definition) is 6. The number of rotatable bonds is 11. The summed E-state index contributed by atoms with van der Waals surface area (Å²) in [5, 5.41) is 22.0. The van der Waals surface area contributed by atoms with Crippen LogP contribution >= 0.6 is 0 Å². The molecule has 0 aromatic carbocycles. The number of carbonyl (C=O) groups excluding carboxylic acids is 3. The van der Waals surface area contributed by atoms with Crippen molar-refractivity contribution in [1.82, 2.24) is 10.6 Å². The van der Waals surface area contributed by atoms with Gasteiger partial charge >= 0.3 is 11.9 Å². The summed E-state index contributed by atoms with van der Waals surface area (Å²) >= 11 is 0. The smallest absolute Gasteiger partial charge is 0.326 e. The van der Waals surface area contributed by atoms with Crippen molar-refractivity contribution in [3.63, 3.8) is 0 Å². The van der Waals surface area contributed by atoms with Gasteiger partial charge in [-0.05, 0) is 12.8 Å². The lowest BCUT2D eigenvalue weighted by atomic mass is 10.1. The summed E-state index contributed by atoms with van der Waals surface area (Å²) < 4.78 is 0. The number of carbonyl (C=O) groups is 5. The zero-order chi connectivity index (χ0) is 18.0. The molecule has 11 nitrogen and oxygen atoms in total. The van der Waals surface area contributed by atoms with E-state index in [1.54, 1.807) is 0 Å². The topological polar surface area (TPSA) is 202 Å². The maximum absolute atomic E-state index is 12.0. The van der Waals surface area contributed by atoms with Crippen molar-refractivity contribution in [2.45, 2.75) is 37.8 Å². The summed E-state index contributed by atoms with van der Waals surface area (Å²) in [6.07, 6.45) is -1.14. The SMILES string of the molecule is NCC(=O)N[C@@H](CCC(=O)O)C(=O)N[C@@H](CCC(N)=O)C(=O)O. The molecule has 0 spiro atoms. The molecular weight excluding hydrogens is 312 g/mol. The van der Waals surface area contributed by atoms with Gasteiger partial charge in [-0.25, -0.2) is 4.79 Å². The Kier molecular flexibility index (Phi) is 8.92. The van der Waals surface area contributed by atoms with Crippen LogP contribution in [0.5, 0.6) is 0 Å². The summed E-state index contributed by atoms with van der Waals surface area (Å²) in [5.41, 5.74) is 10.0. The van der Waals surface area contributed by atoms with Crippen LogP contribution in [0.1, 0.15) is 25.7 Å². The number of nitrogens with one attached hydrogen (secondary N) is 2. The maximum atomic E-state index is 12.0. The fourth-order valence-electron chi connectivity index (χ4n) is 1.61. The van der Waals surface area contributed by atoms with Crippen LogP contribution in [0.3, 0.4) is 0 Å². The number of hydrogen-bond acceptors (Lipinski definition) is 6. The number of carboxylic acid groups (broad SMARTS) is 2. The van der Waals surface area contributed by atoms with E-state index in [2.05, 4.69) is 10.6 Å². The predicted molar refractivity (Wildman–Crippen MR) is 75.8 cm³/mol. The molecule has 11 heteroatoms. The fourth-order valence-corrected chi connectivity index (χ4v) is 1.61. The van der Waals surface area contributed by atoms with Gasteiger partial charge in [0, 0.05) is 12.8 Å². The van der Waals surface area contributed by atoms with Crippen molar-refractivity contribution in [2.75, 3.05) is 6.54 Å². The predicted octanol–water partition coefficient (Wildman–Crippen LogP) is -2.87. The zero-order valence-corrected chi connectivity index (χ0v) is 12.3. The number of primary amides is 1. The van der Waals surface area contributed by atoms with Gasteiger partial charge in [-0.15, -0.1) is 0 Å². The summed E-state index contributed by atoms with van der Waals surface area (Å²) in [5.74, 6) is -4.89. The third-order valence-corrected chi connectivity index (χ3v) is 2.78. The molecule has 8 N–H and O–H groups in total. The van der Waals surface area contributed by atoms with Crippen LogP contribution in [0.4, 0.5) is 0 Å². The largest absolute Gasteiger partial charge is 0.481 e. The average molecular weight is 332 g/mol. The quantitative estimate of drug-likeness (QED) is 0.231. The summed E-state index contributed by atoms with van der Waals surface area (Å²) in [6.45, 7) is -0.416. The third-order valence-electron chi connectivity index (χ3n) is 2.78. The van der Waals surface area contributed by atoms with Crippen LogP contribution in [-0.4, -0.2) is 58.5 Å². The van der Waals surface area contributed by atoms with Gasteiger partial charge < -0.3 is 32.3 Å². The van der Waals surface area contributed by atoms with E-state index in [1.165, 1.54) is 0 Å². The van der Waals surface area contributed by atoms with E-state index in [1.807, 2.05) is 0 Å². The minimum absolute atomic E-state index is 0.229. The first-order chi connectivity index (χ1) is 10.7. The van der Waals surface area contributed by atoms with Gasteiger partial charge in [0.15, 0.2) is 0 Å². The maximum Gasteiger partial charge on any atom is 0.326 e. The molecule has 130 valence electrons. The van der Waals surface area contributed by atoms with Gasteiger partial charge in [-0.2, -0.15) is 0 Å². The van der Waals surface area contributed by atoms with Crippen LogP contribution in [0, 0.1) is 0 Å². The highest BCUT2D eigenvalue weighted by atomic mass is 16.4. The van der Waals surface area contributed by atoms with Crippen molar-refractivity contribution in [3.8, 4) is 0 Å². The molecule has 0 aromatic rings. The van der Waals surface area contributed by atoms with E-state index in [4.69, 9.17) is 21.7 Å². The van der Waals surface area contributed by atoms with E-state index in [0.717, 1.165) is 0 Å². The van der Waals surface area contributed by atoms with Crippen molar-refractivity contribution in [1.29, 1.82) is 0 Å². The van der Waals surface area contributed by atoms with Crippen LogP contribution in [0.15, 0.2) is 0 Å². The molecule has 0 rings (SSSR count). The van der Waals surface area contributed by atoms with Crippen molar-refractivity contribution in [3.05, 3.63) is 0 Å². The van der Waals surface area contributed by atoms with E-state index >= 15 is 0 Å². The molecule has 23 heavy (non-hydrogen) atoms. The second-order valence-corrected chi connectivity index (χ2v) is 4.66. The van der Waals surface area contributed by atoms with Crippen molar-refractivity contribution >= 4 is 29.7 Å². The Hall–Kier alpha value is -2.69. The van der Waals surface area contributed by atoms with Crippen LogP contribution < -0.4 is 22.1 Å². The first-order valence-electron chi connectivity index (χ1n) is 6.70. The molecule has 0 unspecified atom stereocenters. The Morgan fingerprint density at radius 2 is 1.48 bits per heavy atom. The number of nitrogens with two attached hydrogens (primary N) is 2. The lowest BCUT2D eigenvalue weighted by Crippen LogP contribution is -2.52. The van der Waals surface area contributed by atoms with Crippen LogP contribution in [-0.2, 0) is 24.0 Å². The Balaban J connectivity index is 4.86. The lowest BCUT2D eigenvalue weighted by Gasteiger charge is -2.20.